The predicted molar refractivity (Wildman–Crippen MR) is 116 cm³/mol. The number of nitrogens with one attached hydrogen (secondary N) is 3. The maximum absolute atomic E-state index is 13.0. The van der Waals surface area contributed by atoms with E-state index in [1.54, 1.807) is 25.1 Å². The lowest BCUT2D eigenvalue weighted by molar-refractivity contribution is -0.123. The summed E-state index contributed by atoms with van der Waals surface area (Å²) in [5.41, 5.74) is 1.04. The quantitative estimate of drug-likeness (QED) is 0.694. The van der Waals surface area contributed by atoms with E-state index >= 15 is 0 Å². The predicted octanol–water partition coefficient (Wildman–Crippen LogP) is 3.18. The molecule has 1 fully saturated rings. The third-order valence-corrected chi connectivity index (χ3v) is 6.27. The minimum atomic E-state index is -0.934. The van der Waals surface area contributed by atoms with Gasteiger partial charge < -0.3 is 15.5 Å². The van der Waals surface area contributed by atoms with Crippen LogP contribution < -0.4 is 21.1 Å². The van der Waals surface area contributed by atoms with Gasteiger partial charge in [0.15, 0.2) is 0 Å². The van der Waals surface area contributed by atoms with Crippen LogP contribution in [0.25, 0.3) is 0 Å². The van der Waals surface area contributed by atoms with Gasteiger partial charge in [0.1, 0.15) is 5.82 Å². The van der Waals surface area contributed by atoms with Crippen molar-refractivity contribution in [3.63, 3.8) is 0 Å². The van der Waals surface area contributed by atoms with E-state index in [0.717, 1.165) is 31.4 Å². The van der Waals surface area contributed by atoms with Gasteiger partial charge >= 0.3 is 0 Å². The van der Waals surface area contributed by atoms with Crippen molar-refractivity contribution in [3.05, 3.63) is 44.7 Å². The molecule has 4 rings (SSSR count). The number of amides is 2. The molecule has 3 N–H and O–H groups in total. The fraction of sp³-hybridized carbons (Fsp3) is 0.429. The highest BCUT2D eigenvalue weighted by Gasteiger charge is 2.35. The van der Waals surface area contributed by atoms with Gasteiger partial charge in [0.05, 0.1) is 11.5 Å². The minimum absolute atomic E-state index is 0.122. The Bertz CT molecular complexity index is 1070. The molecule has 1 saturated heterocycles. The number of anilines is 3. The molecular weight excluding hydrogens is 406 g/mol. The Labute approximate surface area is 179 Å². The molecule has 1 aromatic heterocycles. The molecule has 8 nitrogen and oxygen atoms in total. The molecule has 0 radical (unpaired) electrons. The van der Waals surface area contributed by atoms with E-state index in [0.29, 0.717) is 16.7 Å². The van der Waals surface area contributed by atoms with Gasteiger partial charge in [0, 0.05) is 29.7 Å². The highest BCUT2D eigenvalue weighted by Crippen LogP contribution is 2.32. The first kappa shape index (κ1) is 20.4. The van der Waals surface area contributed by atoms with Gasteiger partial charge in [-0.25, -0.2) is 0 Å². The number of H-pyrrole nitrogens is 1. The molecule has 0 bridgehead atoms. The standard InChI is InChI=1S/C21H24ClN5O3/c1-11-6-3-4-9-27(11)21-25-18-17(20(30)26-21)13(10-16(28)24-18)19(29)23-15-8-5-7-14(22)12(15)2/h5,7-8,11,13H,3-4,6,9-10H2,1-2H3,(H,23,29)(H2,24,25,26,28,30)/t11-,13+/m0/s1. The number of carbonyl (C=O) groups is 2. The molecular formula is C21H24ClN5O3. The fourth-order valence-corrected chi connectivity index (χ4v) is 4.27. The van der Waals surface area contributed by atoms with Gasteiger partial charge in [-0.3, -0.25) is 19.4 Å². The SMILES string of the molecule is Cc1c(Cl)cccc1NC(=O)[C@@H]1CC(=O)Nc2nc(N3CCCC[C@@H]3C)[nH]c(=O)c21. The molecule has 3 heterocycles. The van der Waals surface area contributed by atoms with Gasteiger partial charge in [0.25, 0.3) is 5.56 Å². The van der Waals surface area contributed by atoms with Gasteiger partial charge in [0.2, 0.25) is 17.8 Å². The molecule has 1 aromatic carbocycles. The highest BCUT2D eigenvalue weighted by atomic mass is 35.5. The van der Waals surface area contributed by atoms with Crippen molar-refractivity contribution in [1.82, 2.24) is 9.97 Å². The number of benzene rings is 1. The third-order valence-electron chi connectivity index (χ3n) is 5.86. The lowest BCUT2D eigenvalue weighted by Crippen LogP contribution is -2.42. The molecule has 2 amide bonds. The van der Waals surface area contributed by atoms with Crippen molar-refractivity contribution in [3.8, 4) is 0 Å². The highest BCUT2D eigenvalue weighted by molar-refractivity contribution is 6.31. The number of fused-ring (bicyclic) bond motifs is 1. The Morgan fingerprint density at radius 1 is 1.30 bits per heavy atom. The van der Waals surface area contributed by atoms with Crippen LogP contribution in [0.5, 0.6) is 0 Å². The Hall–Kier alpha value is -2.87. The van der Waals surface area contributed by atoms with Crippen molar-refractivity contribution in [2.75, 3.05) is 22.1 Å². The zero-order valence-electron chi connectivity index (χ0n) is 16.9. The van der Waals surface area contributed by atoms with Crippen molar-refractivity contribution < 1.29 is 9.59 Å². The molecule has 2 aliphatic rings. The lowest BCUT2D eigenvalue weighted by atomic mass is 9.92. The molecule has 0 unspecified atom stereocenters. The summed E-state index contributed by atoms with van der Waals surface area (Å²) in [6.45, 7) is 4.66. The number of hydrogen-bond acceptors (Lipinski definition) is 5. The normalized spacial score (nSPS) is 21.0. The number of rotatable bonds is 3. The number of aromatic amines is 1. The van der Waals surface area contributed by atoms with Gasteiger partial charge in [-0.05, 0) is 50.8 Å². The van der Waals surface area contributed by atoms with E-state index in [1.165, 1.54) is 0 Å². The average molecular weight is 430 g/mol. The number of piperidine rings is 1. The van der Waals surface area contributed by atoms with Crippen LogP contribution in [0.1, 0.15) is 49.7 Å². The van der Waals surface area contributed by atoms with Crippen LogP contribution >= 0.6 is 11.6 Å². The van der Waals surface area contributed by atoms with E-state index in [2.05, 4.69) is 27.5 Å². The van der Waals surface area contributed by atoms with Crippen LogP contribution in [0.3, 0.4) is 0 Å². The minimum Gasteiger partial charge on any atom is -0.340 e. The first-order valence-electron chi connectivity index (χ1n) is 10.1. The van der Waals surface area contributed by atoms with Gasteiger partial charge in [-0.2, -0.15) is 4.98 Å². The summed E-state index contributed by atoms with van der Waals surface area (Å²) in [6, 6.07) is 5.43. The molecule has 2 aliphatic heterocycles. The summed E-state index contributed by atoms with van der Waals surface area (Å²) < 4.78 is 0. The van der Waals surface area contributed by atoms with E-state index in [4.69, 9.17) is 11.6 Å². The van der Waals surface area contributed by atoms with E-state index in [-0.39, 0.29) is 29.8 Å². The zero-order valence-corrected chi connectivity index (χ0v) is 17.7. The fourth-order valence-electron chi connectivity index (χ4n) is 4.09. The van der Waals surface area contributed by atoms with Crippen molar-refractivity contribution >= 4 is 40.9 Å². The number of halogens is 1. The van der Waals surface area contributed by atoms with Crippen LogP contribution in [0.4, 0.5) is 17.5 Å². The van der Waals surface area contributed by atoms with E-state index in [9.17, 15) is 14.4 Å². The van der Waals surface area contributed by atoms with Crippen molar-refractivity contribution in [1.29, 1.82) is 0 Å². The monoisotopic (exact) mass is 429 g/mol. The van der Waals surface area contributed by atoms with E-state index < -0.39 is 17.4 Å². The molecule has 2 atom stereocenters. The summed E-state index contributed by atoms with van der Waals surface area (Å²) in [4.78, 5) is 47.6. The molecule has 2 aromatic rings. The van der Waals surface area contributed by atoms with Gasteiger partial charge in [-0.1, -0.05) is 17.7 Å². The molecule has 158 valence electrons. The number of nitrogens with zero attached hydrogens (tertiary/aromatic N) is 2. The van der Waals surface area contributed by atoms with Crippen molar-refractivity contribution in [2.45, 2.75) is 51.5 Å². The summed E-state index contributed by atoms with van der Waals surface area (Å²) in [5.74, 6) is -1.14. The second-order valence-electron chi connectivity index (χ2n) is 7.90. The van der Waals surface area contributed by atoms with Gasteiger partial charge in [-0.15, -0.1) is 0 Å². The molecule has 30 heavy (non-hydrogen) atoms. The summed E-state index contributed by atoms with van der Waals surface area (Å²) >= 11 is 6.13. The Morgan fingerprint density at radius 2 is 2.10 bits per heavy atom. The largest absolute Gasteiger partial charge is 0.340 e. The molecule has 0 aliphatic carbocycles. The maximum Gasteiger partial charge on any atom is 0.258 e. The summed E-state index contributed by atoms with van der Waals surface area (Å²) in [6.07, 6.45) is 3.04. The van der Waals surface area contributed by atoms with Crippen LogP contribution in [0.15, 0.2) is 23.0 Å². The summed E-state index contributed by atoms with van der Waals surface area (Å²) in [5, 5.41) is 5.99. The smallest absolute Gasteiger partial charge is 0.258 e. The Balaban J connectivity index is 1.68. The maximum atomic E-state index is 13.0. The van der Waals surface area contributed by atoms with E-state index in [1.807, 2.05) is 4.90 Å². The molecule has 9 heteroatoms. The van der Waals surface area contributed by atoms with Crippen molar-refractivity contribution in [2.24, 2.45) is 0 Å². The molecule has 0 saturated carbocycles. The van der Waals surface area contributed by atoms with Crippen LogP contribution in [0.2, 0.25) is 5.02 Å². The number of aromatic nitrogens is 2. The molecule has 0 spiro atoms. The Kier molecular flexibility index (Phi) is 5.51. The second kappa shape index (κ2) is 8.10. The first-order valence-corrected chi connectivity index (χ1v) is 10.5. The van der Waals surface area contributed by atoms with Crippen LogP contribution in [0, 0.1) is 6.92 Å². The third kappa shape index (κ3) is 3.79. The second-order valence-corrected chi connectivity index (χ2v) is 8.30. The van der Waals surface area contributed by atoms with Crippen LogP contribution in [-0.2, 0) is 9.59 Å². The average Bonchev–Trinajstić information content (AvgIpc) is 2.70. The number of hydrogen-bond donors (Lipinski definition) is 3. The summed E-state index contributed by atoms with van der Waals surface area (Å²) in [7, 11) is 0. The number of carbonyl (C=O) groups excluding carboxylic acids is 2. The zero-order chi connectivity index (χ0) is 21.4. The van der Waals surface area contributed by atoms with Crippen LogP contribution in [-0.4, -0.2) is 34.4 Å². The first-order chi connectivity index (χ1) is 14.3. The lowest BCUT2D eigenvalue weighted by Gasteiger charge is -2.34. The Morgan fingerprint density at radius 3 is 2.87 bits per heavy atom. The topological polar surface area (TPSA) is 107 Å².